The lowest BCUT2D eigenvalue weighted by Crippen LogP contribution is -2.57. The summed E-state index contributed by atoms with van der Waals surface area (Å²) in [5, 5.41) is 0.812. The highest BCUT2D eigenvalue weighted by Crippen LogP contribution is 2.51. The molecule has 3 aliphatic rings. The van der Waals surface area contributed by atoms with Gasteiger partial charge in [0.15, 0.2) is 0 Å². The van der Waals surface area contributed by atoms with Crippen LogP contribution in [0.1, 0.15) is 51.0 Å². The number of Topliss-reactive ketones (excluding diaryl/α,β-unsaturated/α-hetero) is 1. The molecule has 2 saturated carbocycles. The third kappa shape index (κ3) is 2.93. The summed E-state index contributed by atoms with van der Waals surface area (Å²) in [5.74, 6) is 2.95. The molecule has 1 aliphatic heterocycles. The third-order valence-electron chi connectivity index (χ3n) is 6.91. The van der Waals surface area contributed by atoms with Gasteiger partial charge in [-0.15, -0.1) is 0 Å². The van der Waals surface area contributed by atoms with Crippen molar-refractivity contribution < 1.29 is 4.79 Å². The van der Waals surface area contributed by atoms with Crippen molar-refractivity contribution in [1.82, 2.24) is 4.90 Å². The Balaban J connectivity index is 1.55. The van der Waals surface area contributed by atoms with Gasteiger partial charge < -0.3 is 0 Å². The van der Waals surface area contributed by atoms with E-state index in [9.17, 15) is 4.79 Å². The molecule has 0 aromatic heterocycles. The van der Waals surface area contributed by atoms with Crippen LogP contribution < -0.4 is 0 Å². The fourth-order valence-electron chi connectivity index (χ4n) is 5.92. The molecule has 2 aliphatic carbocycles. The Hall–Kier alpha value is -0.860. The van der Waals surface area contributed by atoms with Gasteiger partial charge in [0.05, 0.1) is 0 Å². The summed E-state index contributed by atoms with van der Waals surface area (Å²) in [5.41, 5.74) is 1.36. The van der Waals surface area contributed by atoms with Crippen LogP contribution in [0.15, 0.2) is 24.3 Å². The second kappa shape index (κ2) is 6.80. The minimum absolute atomic E-state index is 0.338. The van der Waals surface area contributed by atoms with Gasteiger partial charge in [0.1, 0.15) is 5.78 Å². The molecule has 1 saturated heterocycles. The van der Waals surface area contributed by atoms with Crippen LogP contribution in [0.25, 0.3) is 0 Å². The van der Waals surface area contributed by atoms with Gasteiger partial charge in [-0.05, 0) is 67.7 Å². The fraction of sp³-hybridized carbons (Fsp3) is 0.667. The van der Waals surface area contributed by atoms with Crippen LogP contribution in [0.2, 0.25) is 5.02 Å². The molecule has 130 valence electrons. The number of rotatable bonds is 3. The van der Waals surface area contributed by atoms with Gasteiger partial charge in [0, 0.05) is 29.9 Å². The number of carbonyl (C=O) groups is 1. The highest BCUT2D eigenvalue weighted by Gasteiger charge is 2.51. The van der Waals surface area contributed by atoms with E-state index in [1.54, 1.807) is 0 Å². The minimum Gasteiger partial charge on any atom is -0.299 e. The third-order valence-corrected chi connectivity index (χ3v) is 7.16. The van der Waals surface area contributed by atoms with Crippen molar-refractivity contribution >= 4 is 17.4 Å². The van der Waals surface area contributed by atoms with Gasteiger partial charge in [-0.1, -0.05) is 37.1 Å². The summed E-state index contributed by atoms with van der Waals surface area (Å²) in [6.45, 7) is 4.38. The number of ketones is 1. The molecular weight excluding hydrogens is 318 g/mol. The number of hydrogen-bond donors (Lipinski definition) is 0. The molecular formula is C21H28ClNO. The second-order valence-corrected chi connectivity index (χ2v) is 8.51. The first kappa shape index (κ1) is 16.6. The van der Waals surface area contributed by atoms with Gasteiger partial charge in [0.25, 0.3) is 0 Å². The molecule has 5 atom stereocenters. The standard InChI is InChI=1S/C21H28ClNO/c1-2-17-18-4-3-5-19-21(18)15(12-20(17)24)10-11-23(19)13-14-6-8-16(22)9-7-14/h6-9,15,17-19,21H,2-5,10-13H2,1H3/t15-,17+,18+,19+,21+/m1/s1. The van der Waals surface area contributed by atoms with E-state index >= 15 is 0 Å². The van der Waals surface area contributed by atoms with E-state index in [0.717, 1.165) is 36.9 Å². The van der Waals surface area contributed by atoms with E-state index < -0.39 is 0 Å². The van der Waals surface area contributed by atoms with Crippen molar-refractivity contribution in [3.05, 3.63) is 34.9 Å². The summed E-state index contributed by atoms with van der Waals surface area (Å²) in [7, 11) is 0. The van der Waals surface area contributed by atoms with Gasteiger partial charge >= 0.3 is 0 Å². The molecule has 3 heteroatoms. The summed E-state index contributed by atoms with van der Waals surface area (Å²) < 4.78 is 0. The van der Waals surface area contributed by atoms with Gasteiger partial charge in [-0.3, -0.25) is 9.69 Å². The second-order valence-electron chi connectivity index (χ2n) is 8.07. The van der Waals surface area contributed by atoms with E-state index in [1.807, 2.05) is 12.1 Å². The monoisotopic (exact) mass is 345 g/mol. The maximum Gasteiger partial charge on any atom is 0.136 e. The minimum atomic E-state index is 0.338. The molecule has 0 spiro atoms. The molecule has 0 N–H and O–H groups in total. The zero-order valence-corrected chi connectivity index (χ0v) is 15.3. The van der Waals surface area contributed by atoms with Gasteiger partial charge in [-0.2, -0.15) is 0 Å². The van der Waals surface area contributed by atoms with Crippen molar-refractivity contribution in [3.63, 3.8) is 0 Å². The Labute approximate surface area is 150 Å². The van der Waals surface area contributed by atoms with Crippen molar-refractivity contribution in [3.8, 4) is 0 Å². The molecule has 0 radical (unpaired) electrons. The molecule has 24 heavy (non-hydrogen) atoms. The molecule has 4 rings (SSSR count). The Morgan fingerprint density at radius 2 is 1.96 bits per heavy atom. The van der Waals surface area contributed by atoms with Crippen molar-refractivity contribution in [1.29, 1.82) is 0 Å². The van der Waals surface area contributed by atoms with Crippen LogP contribution in [-0.2, 0) is 11.3 Å². The molecule has 2 nitrogen and oxygen atoms in total. The molecule has 1 heterocycles. The molecule has 0 amide bonds. The maximum absolute atomic E-state index is 12.6. The van der Waals surface area contributed by atoms with Crippen LogP contribution >= 0.6 is 11.6 Å². The smallest absolute Gasteiger partial charge is 0.136 e. The molecule has 0 bridgehead atoms. The van der Waals surface area contributed by atoms with Crippen LogP contribution in [0.3, 0.4) is 0 Å². The Morgan fingerprint density at radius 3 is 2.71 bits per heavy atom. The normalized spacial score (nSPS) is 36.4. The van der Waals surface area contributed by atoms with Crippen LogP contribution in [-0.4, -0.2) is 23.3 Å². The number of halogens is 1. The Bertz CT molecular complexity index is 598. The summed E-state index contributed by atoms with van der Waals surface area (Å²) in [4.78, 5) is 15.3. The molecule has 1 aromatic rings. The predicted molar refractivity (Wildman–Crippen MR) is 98.0 cm³/mol. The average Bonchev–Trinajstić information content (AvgIpc) is 2.59. The van der Waals surface area contributed by atoms with E-state index in [2.05, 4.69) is 24.0 Å². The zero-order valence-electron chi connectivity index (χ0n) is 14.6. The summed E-state index contributed by atoms with van der Waals surface area (Å²) in [6, 6.07) is 9.00. The number of hydrogen-bond acceptors (Lipinski definition) is 2. The van der Waals surface area contributed by atoms with Crippen molar-refractivity contribution in [2.24, 2.45) is 23.7 Å². The summed E-state index contributed by atoms with van der Waals surface area (Å²) >= 11 is 6.03. The quantitative estimate of drug-likeness (QED) is 0.772. The highest BCUT2D eigenvalue weighted by molar-refractivity contribution is 6.30. The first-order valence-electron chi connectivity index (χ1n) is 9.68. The lowest BCUT2D eigenvalue weighted by molar-refractivity contribution is -0.139. The molecule has 0 unspecified atom stereocenters. The fourth-order valence-corrected chi connectivity index (χ4v) is 6.05. The van der Waals surface area contributed by atoms with Crippen LogP contribution in [0, 0.1) is 23.7 Å². The van der Waals surface area contributed by atoms with E-state index in [4.69, 9.17) is 11.6 Å². The average molecular weight is 346 g/mol. The number of benzene rings is 1. The Morgan fingerprint density at radius 1 is 1.17 bits per heavy atom. The number of piperidine rings is 1. The number of likely N-dealkylation sites (tertiary alicyclic amines) is 1. The lowest BCUT2D eigenvalue weighted by atomic mass is 9.56. The Kier molecular flexibility index (Phi) is 4.70. The number of carbonyl (C=O) groups excluding carboxylic acids is 1. The topological polar surface area (TPSA) is 20.3 Å². The number of nitrogens with zero attached hydrogens (tertiary/aromatic N) is 1. The van der Waals surface area contributed by atoms with Gasteiger partial charge in [-0.25, -0.2) is 0 Å². The van der Waals surface area contributed by atoms with E-state index in [1.165, 1.54) is 31.2 Å². The SMILES string of the molecule is CC[C@@H]1C(=O)C[C@H]2CCN(Cc3ccc(Cl)cc3)[C@H]3CCC[C@@H]1[C@H]23. The summed E-state index contributed by atoms with van der Waals surface area (Å²) in [6.07, 6.45) is 6.97. The first-order valence-corrected chi connectivity index (χ1v) is 10.1. The largest absolute Gasteiger partial charge is 0.299 e. The zero-order chi connectivity index (χ0) is 16.7. The molecule has 1 aromatic carbocycles. The lowest BCUT2D eigenvalue weighted by Gasteiger charge is -2.55. The first-order chi connectivity index (χ1) is 11.7. The molecule has 3 fully saturated rings. The van der Waals surface area contributed by atoms with E-state index in [-0.39, 0.29) is 0 Å². The highest BCUT2D eigenvalue weighted by atomic mass is 35.5. The predicted octanol–water partition coefficient (Wildman–Crippen LogP) is 4.95. The van der Waals surface area contributed by atoms with Gasteiger partial charge in [0.2, 0.25) is 0 Å². The maximum atomic E-state index is 12.6. The van der Waals surface area contributed by atoms with Crippen molar-refractivity contribution in [2.45, 2.75) is 58.0 Å². The van der Waals surface area contributed by atoms with Crippen LogP contribution in [0.4, 0.5) is 0 Å². The van der Waals surface area contributed by atoms with Crippen molar-refractivity contribution in [2.75, 3.05) is 6.54 Å². The van der Waals surface area contributed by atoms with E-state index in [0.29, 0.717) is 29.6 Å². The van der Waals surface area contributed by atoms with Crippen LogP contribution in [0.5, 0.6) is 0 Å².